The number of nitrogens with two attached hydrogens (primary N) is 1. The smallest absolute Gasteiger partial charge is 0.114 e. The summed E-state index contributed by atoms with van der Waals surface area (Å²) in [7, 11) is 0. The van der Waals surface area contributed by atoms with Crippen molar-refractivity contribution in [1.29, 1.82) is 0 Å². The predicted molar refractivity (Wildman–Crippen MR) is 62.5 cm³/mol. The van der Waals surface area contributed by atoms with Gasteiger partial charge in [0.15, 0.2) is 0 Å². The van der Waals surface area contributed by atoms with Crippen LogP contribution in [0.4, 0.5) is 0 Å². The standard InChI is InChI=1S/C11H19NOS/c1-3-9(12)7-14-8-11-6-5-10(4-2)13-11/h5-6,9H,3-4,7-8,12H2,1-2H3. The first-order valence-corrected chi connectivity index (χ1v) is 6.32. The quantitative estimate of drug-likeness (QED) is 0.789. The molecule has 0 fully saturated rings. The van der Waals surface area contributed by atoms with Gasteiger partial charge in [0.1, 0.15) is 11.5 Å². The molecule has 0 saturated heterocycles. The summed E-state index contributed by atoms with van der Waals surface area (Å²) in [5.41, 5.74) is 5.82. The lowest BCUT2D eigenvalue weighted by molar-refractivity contribution is 0.485. The maximum Gasteiger partial charge on any atom is 0.114 e. The number of aryl methyl sites for hydroxylation is 1. The highest BCUT2D eigenvalue weighted by Crippen LogP contribution is 2.16. The van der Waals surface area contributed by atoms with Crippen molar-refractivity contribution in [2.75, 3.05) is 5.75 Å². The zero-order chi connectivity index (χ0) is 10.4. The van der Waals surface area contributed by atoms with Gasteiger partial charge in [-0.15, -0.1) is 0 Å². The largest absolute Gasteiger partial charge is 0.465 e. The Labute approximate surface area is 90.2 Å². The fourth-order valence-electron chi connectivity index (χ4n) is 1.12. The first-order valence-electron chi connectivity index (χ1n) is 5.17. The molecule has 1 aromatic rings. The molecule has 0 aliphatic carbocycles. The average Bonchev–Trinajstić information content (AvgIpc) is 2.65. The van der Waals surface area contributed by atoms with Gasteiger partial charge in [-0.1, -0.05) is 13.8 Å². The number of thioether (sulfide) groups is 1. The van der Waals surface area contributed by atoms with Crippen LogP contribution in [0.3, 0.4) is 0 Å². The number of furan rings is 1. The summed E-state index contributed by atoms with van der Waals surface area (Å²) >= 11 is 1.84. The van der Waals surface area contributed by atoms with Crippen molar-refractivity contribution in [2.45, 2.75) is 38.5 Å². The molecule has 1 aromatic heterocycles. The van der Waals surface area contributed by atoms with Crippen LogP contribution in [0, 0.1) is 0 Å². The van der Waals surface area contributed by atoms with Crippen molar-refractivity contribution in [3.8, 4) is 0 Å². The van der Waals surface area contributed by atoms with Gasteiger partial charge in [-0.05, 0) is 18.6 Å². The van der Waals surface area contributed by atoms with Crippen LogP contribution >= 0.6 is 11.8 Å². The predicted octanol–water partition coefficient (Wildman–Crippen LogP) is 2.81. The monoisotopic (exact) mass is 213 g/mol. The van der Waals surface area contributed by atoms with Crippen LogP contribution in [0.15, 0.2) is 16.5 Å². The minimum absolute atomic E-state index is 0.320. The van der Waals surface area contributed by atoms with Gasteiger partial charge >= 0.3 is 0 Å². The summed E-state index contributed by atoms with van der Waals surface area (Å²) in [5.74, 6) is 4.09. The SMILES string of the molecule is CCc1ccc(CSCC(N)CC)o1. The minimum Gasteiger partial charge on any atom is -0.465 e. The molecular formula is C11H19NOS. The van der Waals surface area contributed by atoms with Gasteiger partial charge < -0.3 is 10.2 Å². The van der Waals surface area contributed by atoms with Gasteiger partial charge in [-0.25, -0.2) is 0 Å². The maximum atomic E-state index is 5.82. The van der Waals surface area contributed by atoms with Crippen LogP contribution in [0.2, 0.25) is 0 Å². The Hall–Kier alpha value is -0.410. The van der Waals surface area contributed by atoms with E-state index in [0.717, 1.165) is 35.9 Å². The number of rotatable bonds is 6. The van der Waals surface area contributed by atoms with E-state index in [-0.39, 0.29) is 0 Å². The molecule has 80 valence electrons. The van der Waals surface area contributed by atoms with E-state index >= 15 is 0 Å². The van der Waals surface area contributed by atoms with Crippen LogP contribution in [0.5, 0.6) is 0 Å². The number of hydrogen-bond acceptors (Lipinski definition) is 3. The van der Waals surface area contributed by atoms with E-state index in [9.17, 15) is 0 Å². The summed E-state index contributed by atoms with van der Waals surface area (Å²) < 4.78 is 5.59. The average molecular weight is 213 g/mol. The summed E-state index contributed by atoms with van der Waals surface area (Å²) in [6.07, 6.45) is 2.02. The lowest BCUT2D eigenvalue weighted by Gasteiger charge is -2.06. The third kappa shape index (κ3) is 3.76. The van der Waals surface area contributed by atoms with E-state index in [1.165, 1.54) is 0 Å². The molecule has 0 radical (unpaired) electrons. The molecule has 2 nitrogen and oxygen atoms in total. The maximum absolute atomic E-state index is 5.82. The third-order valence-corrected chi connectivity index (χ3v) is 3.32. The highest BCUT2D eigenvalue weighted by molar-refractivity contribution is 7.98. The molecule has 0 spiro atoms. The summed E-state index contributed by atoms with van der Waals surface area (Å²) in [6, 6.07) is 4.43. The lowest BCUT2D eigenvalue weighted by atomic mass is 10.3. The van der Waals surface area contributed by atoms with Crippen molar-refractivity contribution in [3.05, 3.63) is 23.7 Å². The normalized spacial score (nSPS) is 13.1. The molecule has 3 heteroatoms. The van der Waals surface area contributed by atoms with Crippen molar-refractivity contribution in [2.24, 2.45) is 5.73 Å². The van der Waals surface area contributed by atoms with Gasteiger partial charge in [-0.3, -0.25) is 0 Å². The van der Waals surface area contributed by atoms with Crippen molar-refractivity contribution in [3.63, 3.8) is 0 Å². The van der Waals surface area contributed by atoms with Gasteiger partial charge in [0.2, 0.25) is 0 Å². The van der Waals surface area contributed by atoms with Crippen molar-refractivity contribution < 1.29 is 4.42 Å². The summed E-state index contributed by atoms with van der Waals surface area (Å²) in [4.78, 5) is 0. The van der Waals surface area contributed by atoms with Gasteiger partial charge in [-0.2, -0.15) is 11.8 Å². The molecule has 0 amide bonds. The van der Waals surface area contributed by atoms with Crippen LogP contribution in [-0.4, -0.2) is 11.8 Å². The van der Waals surface area contributed by atoms with Crippen LogP contribution in [-0.2, 0) is 12.2 Å². The van der Waals surface area contributed by atoms with Gasteiger partial charge in [0.05, 0.1) is 5.75 Å². The molecule has 1 heterocycles. The Morgan fingerprint density at radius 3 is 2.64 bits per heavy atom. The van der Waals surface area contributed by atoms with E-state index in [1.54, 1.807) is 0 Å². The van der Waals surface area contributed by atoms with Gasteiger partial charge in [0.25, 0.3) is 0 Å². The Balaban J connectivity index is 2.24. The molecule has 0 saturated carbocycles. The van der Waals surface area contributed by atoms with Crippen molar-refractivity contribution in [1.82, 2.24) is 0 Å². The molecule has 0 aliphatic rings. The first kappa shape index (κ1) is 11.7. The Morgan fingerprint density at radius 2 is 2.07 bits per heavy atom. The first-order chi connectivity index (χ1) is 6.76. The number of hydrogen-bond donors (Lipinski definition) is 1. The molecule has 2 N–H and O–H groups in total. The van der Waals surface area contributed by atoms with E-state index < -0.39 is 0 Å². The van der Waals surface area contributed by atoms with E-state index in [1.807, 2.05) is 11.8 Å². The molecule has 14 heavy (non-hydrogen) atoms. The van der Waals surface area contributed by atoms with E-state index in [4.69, 9.17) is 10.2 Å². The van der Waals surface area contributed by atoms with Crippen LogP contribution in [0.1, 0.15) is 31.8 Å². The second-order valence-electron chi connectivity index (χ2n) is 3.41. The van der Waals surface area contributed by atoms with Gasteiger partial charge in [0, 0.05) is 18.2 Å². The molecule has 0 bridgehead atoms. The molecule has 0 aromatic carbocycles. The summed E-state index contributed by atoms with van der Waals surface area (Å²) in [5, 5.41) is 0. The second-order valence-corrected chi connectivity index (χ2v) is 4.44. The zero-order valence-corrected chi connectivity index (χ0v) is 9.77. The van der Waals surface area contributed by atoms with Crippen LogP contribution < -0.4 is 5.73 Å². The second kappa shape index (κ2) is 6.14. The molecule has 1 atom stereocenters. The Bertz CT molecular complexity index is 260. The lowest BCUT2D eigenvalue weighted by Crippen LogP contribution is -2.21. The summed E-state index contributed by atoms with van der Waals surface area (Å²) in [6.45, 7) is 4.22. The molecule has 1 unspecified atom stereocenters. The molecule has 0 aliphatic heterocycles. The van der Waals surface area contributed by atoms with Crippen LogP contribution in [0.25, 0.3) is 0 Å². The Morgan fingerprint density at radius 1 is 1.36 bits per heavy atom. The minimum atomic E-state index is 0.320. The zero-order valence-electron chi connectivity index (χ0n) is 8.95. The highest BCUT2D eigenvalue weighted by Gasteiger charge is 2.02. The molecular weight excluding hydrogens is 194 g/mol. The fourth-order valence-corrected chi connectivity index (χ4v) is 2.13. The van der Waals surface area contributed by atoms with Crippen molar-refractivity contribution >= 4 is 11.8 Å². The molecule has 1 rings (SSSR count). The van der Waals surface area contributed by atoms with E-state index in [2.05, 4.69) is 26.0 Å². The Kier molecular flexibility index (Phi) is 5.12. The highest BCUT2D eigenvalue weighted by atomic mass is 32.2. The third-order valence-electron chi connectivity index (χ3n) is 2.17. The fraction of sp³-hybridized carbons (Fsp3) is 0.636. The topological polar surface area (TPSA) is 39.2 Å². The van der Waals surface area contributed by atoms with E-state index in [0.29, 0.717) is 6.04 Å².